The first kappa shape index (κ1) is 16.1. The van der Waals surface area contributed by atoms with Gasteiger partial charge in [-0.25, -0.2) is 0 Å². The van der Waals surface area contributed by atoms with E-state index in [0.29, 0.717) is 5.82 Å². The number of nitrogens with two attached hydrogens (primary N) is 1. The molecule has 2 aliphatic heterocycles. The Balaban J connectivity index is 1.70. The quantitative estimate of drug-likeness (QED) is 0.879. The third-order valence-corrected chi connectivity index (χ3v) is 5.53. The summed E-state index contributed by atoms with van der Waals surface area (Å²) >= 11 is 0. The van der Waals surface area contributed by atoms with Crippen LogP contribution in [0.4, 0.5) is 11.5 Å². The second-order valence-corrected chi connectivity index (χ2v) is 6.99. The van der Waals surface area contributed by atoms with Crippen molar-refractivity contribution >= 4 is 17.4 Å². The van der Waals surface area contributed by atoms with Gasteiger partial charge in [-0.05, 0) is 37.4 Å². The third kappa shape index (κ3) is 2.61. The molecule has 3 heterocycles. The maximum absolute atomic E-state index is 13.2. The summed E-state index contributed by atoms with van der Waals surface area (Å²) in [4.78, 5) is 15.6. The number of rotatable bonds is 2. The van der Waals surface area contributed by atoms with Crippen molar-refractivity contribution in [1.29, 1.82) is 0 Å². The fraction of sp³-hybridized carbons (Fsp3) is 0.474. The second kappa shape index (κ2) is 6.19. The molecule has 6 heteroatoms. The Hall–Kier alpha value is -2.34. The van der Waals surface area contributed by atoms with E-state index in [0.717, 1.165) is 61.5 Å². The van der Waals surface area contributed by atoms with E-state index < -0.39 is 0 Å². The van der Waals surface area contributed by atoms with Crippen LogP contribution in [0, 0.1) is 6.92 Å². The first-order valence-corrected chi connectivity index (χ1v) is 9.06. The van der Waals surface area contributed by atoms with E-state index in [2.05, 4.69) is 35.2 Å². The molecule has 0 bridgehead atoms. The Morgan fingerprint density at radius 3 is 3.08 bits per heavy atom. The van der Waals surface area contributed by atoms with Gasteiger partial charge in [0, 0.05) is 30.9 Å². The summed E-state index contributed by atoms with van der Waals surface area (Å²) in [5, 5.41) is 8.02. The summed E-state index contributed by atoms with van der Waals surface area (Å²) in [6.45, 7) is 7.74. The number of carbonyl (C=O) groups excluding carboxylic acids is 1. The van der Waals surface area contributed by atoms with Crippen molar-refractivity contribution in [2.24, 2.45) is 0 Å². The van der Waals surface area contributed by atoms with Crippen molar-refractivity contribution in [2.45, 2.75) is 39.2 Å². The van der Waals surface area contributed by atoms with Crippen LogP contribution >= 0.6 is 0 Å². The van der Waals surface area contributed by atoms with Gasteiger partial charge >= 0.3 is 0 Å². The minimum absolute atomic E-state index is 0.0108. The number of anilines is 2. The Labute approximate surface area is 148 Å². The van der Waals surface area contributed by atoms with E-state index in [1.54, 1.807) is 0 Å². The van der Waals surface area contributed by atoms with E-state index in [1.165, 1.54) is 10.2 Å². The molecule has 2 aromatic rings. The van der Waals surface area contributed by atoms with Gasteiger partial charge in [-0.3, -0.25) is 9.69 Å². The number of hydrogen-bond acceptors (Lipinski definition) is 5. The number of aromatic nitrogens is 2. The molecule has 0 saturated heterocycles. The molecule has 1 aromatic carbocycles. The van der Waals surface area contributed by atoms with Crippen LogP contribution in [0.25, 0.3) is 0 Å². The normalized spacial score (nSPS) is 19.8. The first-order chi connectivity index (χ1) is 12.1. The van der Waals surface area contributed by atoms with E-state index in [4.69, 9.17) is 5.73 Å². The lowest BCUT2D eigenvalue weighted by atomic mass is 9.88. The van der Waals surface area contributed by atoms with E-state index in [1.807, 2.05) is 12.1 Å². The van der Waals surface area contributed by atoms with Crippen molar-refractivity contribution < 1.29 is 4.79 Å². The standard InChI is InChI=1S/C19H25N5O/c1-3-23-10-8-15-16(11-23)22-24(18(15)20)19(25)14-7-9-21-17-12(2)5-4-6-13(14)17/h4-6,14,21H,3,7-11,20H2,1-2H3. The molecule has 132 valence electrons. The smallest absolute Gasteiger partial charge is 0.256 e. The predicted molar refractivity (Wildman–Crippen MR) is 98.9 cm³/mol. The minimum atomic E-state index is -0.193. The SMILES string of the molecule is CCN1CCc2c(nn(C(=O)C3CCNc4c(C)cccc43)c2N)C1. The molecule has 0 fully saturated rings. The molecule has 6 nitrogen and oxygen atoms in total. The molecule has 1 aromatic heterocycles. The van der Waals surface area contributed by atoms with Gasteiger partial charge in [-0.2, -0.15) is 9.78 Å². The zero-order chi connectivity index (χ0) is 17.6. The van der Waals surface area contributed by atoms with Crippen molar-refractivity contribution in [3.63, 3.8) is 0 Å². The van der Waals surface area contributed by atoms with Gasteiger partial charge in [-0.1, -0.05) is 25.1 Å². The molecule has 0 radical (unpaired) electrons. The summed E-state index contributed by atoms with van der Waals surface area (Å²) in [6, 6.07) is 6.12. The predicted octanol–water partition coefficient (Wildman–Crippen LogP) is 2.39. The van der Waals surface area contributed by atoms with Crippen molar-refractivity contribution in [3.8, 4) is 0 Å². The lowest BCUT2D eigenvalue weighted by Gasteiger charge is -2.27. The number of aryl methyl sites for hydroxylation is 1. The minimum Gasteiger partial charge on any atom is -0.385 e. The highest BCUT2D eigenvalue weighted by Gasteiger charge is 2.32. The van der Waals surface area contributed by atoms with Gasteiger partial charge in [0.2, 0.25) is 0 Å². The molecule has 4 rings (SSSR count). The molecule has 1 atom stereocenters. The van der Waals surface area contributed by atoms with E-state index >= 15 is 0 Å². The lowest BCUT2D eigenvalue weighted by molar-refractivity contribution is 0.0858. The Morgan fingerprint density at radius 1 is 1.44 bits per heavy atom. The fourth-order valence-electron chi connectivity index (χ4n) is 4.03. The van der Waals surface area contributed by atoms with Gasteiger partial charge in [0.25, 0.3) is 5.91 Å². The fourth-order valence-corrected chi connectivity index (χ4v) is 4.03. The Kier molecular flexibility index (Phi) is 4.00. The van der Waals surface area contributed by atoms with E-state index in [-0.39, 0.29) is 11.8 Å². The zero-order valence-electron chi connectivity index (χ0n) is 14.9. The summed E-state index contributed by atoms with van der Waals surface area (Å²) in [5.74, 6) is 0.328. The van der Waals surface area contributed by atoms with E-state index in [9.17, 15) is 4.79 Å². The van der Waals surface area contributed by atoms with Crippen LogP contribution in [-0.4, -0.2) is 40.2 Å². The highest BCUT2D eigenvalue weighted by atomic mass is 16.2. The number of fused-ring (bicyclic) bond motifs is 2. The average Bonchev–Trinajstić information content (AvgIpc) is 2.97. The molecule has 0 amide bonds. The number of carbonyl (C=O) groups is 1. The van der Waals surface area contributed by atoms with Gasteiger partial charge in [0.1, 0.15) is 5.82 Å². The third-order valence-electron chi connectivity index (χ3n) is 5.53. The van der Waals surface area contributed by atoms with Crippen molar-refractivity contribution in [3.05, 3.63) is 40.6 Å². The van der Waals surface area contributed by atoms with Crippen molar-refractivity contribution in [2.75, 3.05) is 30.7 Å². The maximum Gasteiger partial charge on any atom is 0.256 e. The molecule has 1 unspecified atom stereocenters. The monoisotopic (exact) mass is 339 g/mol. The zero-order valence-corrected chi connectivity index (χ0v) is 14.9. The van der Waals surface area contributed by atoms with Crippen LogP contribution in [0.1, 0.15) is 46.4 Å². The summed E-state index contributed by atoms with van der Waals surface area (Å²) in [7, 11) is 0. The number of nitrogen functional groups attached to an aromatic ring is 1. The van der Waals surface area contributed by atoms with Crippen LogP contribution < -0.4 is 11.1 Å². The second-order valence-electron chi connectivity index (χ2n) is 6.99. The molecule has 3 N–H and O–H groups in total. The number of likely N-dealkylation sites (N-methyl/N-ethyl adjacent to an activating group) is 1. The Bertz CT molecular complexity index is 825. The van der Waals surface area contributed by atoms with Crippen LogP contribution in [0.15, 0.2) is 18.2 Å². The largest absolute Gasteiger partial charge is 0.385 e. The maximum atomic E-state index is 13.2. The lowest BCUT2D eigenvalue weighted by Crippen LogP contribution is -2.30. The highest BCUT2D eigenvalue weighted by molar-refractivity contribution is 5.90. The van der Waals surface area contributed by atoms with Crippen LogP contribution in [0.2, 0.25) is 0 Å². The van der Waals surface area contributed by atoms with Gasteiger partial charge < -0.3 is 11.1 Å². The number of hydrogen-bond donors (Lipinski definition) is 2. The van der Waals surface area contributed by atoms with Crippen LogP contribution in [0.5, 0.6) is 0 Å². The molecule has 0 aliphatic carbocycles. The number of nitrogens with zero attached hydrogens (tertiary/aromatic N) is 3. The molecule has 0 saturated carbocycles. The number of para-hydroxylation sites is 1. The van der Waals surface area contributed by atoms with Crippen molar-refractivity contribution in [1.82, 2.24) is 14.7 Å². The van der Waals surface area contributed by atoms with Crippen LogP contribution in [-0.2, 0) is 13.0 Å². The number of benzene rings is 1. The molecular formula is C19H25N5O. The Morgan fingerprint density at radius 2 is 2.28 bits per heavy atom. The molecule has 25 heavy (non-hydrogen) atoms. The molecule has 2 aliphatic rings. The topological polar surface area (TPSA) is 76.2 Å². The number of nitrogens with one attached hydrogen (secondary N) is 1. The first-order valence-electron chi connectivity index (χ1n) is 9.06. The summed E-state index contributed by atoms with van der Waals surface area (Å²) in [6.07, 6.45) is 1.63. The van der Waals surface area contributed by atoms with Gasteiger partial charge in [-0.15, -0.1) is 0 Å². The summed E-state index contributed by atoms with van der Waals surface area (Å²) in [5.41, 5.74) is 11.6. The average molecular weight is 339 g/mol. The molecular weight excluding hydrogens is 314 g/mol. The van der Waals surface area contributed by atoms with Gasteiger partial charge in [0.15, 0.2) is 0 Å². The molecule has 0 spiro atoms. The van der Waals surface area contributed by atoms with Gasteiger partial charge in [0.05, 0.1) is 11.6 Å². The summed E-state index contributed by atoms with van der Waals surface area (Å²) < 4.78 is 1.46. The van der Waals surface area contributed by atoms with Crippen LogP contribution in [0.3, 0.4) is 0 Å². The highest BCUT2D eigenvalue weighted by Crippen LogP contribution is 2.36.